The van der Waals surface area contributed by atoms with Gasteiger partial charge in [0.1, 0.15) is 0 Å². The summed E-state index contributed by atoms with van der Waals surface area (Å²) in [5, 5.41) is 0. The normalized spacial score (nSPS) is 10.6. The number of aldehydes is 1. The molecule has 1 nitrogen and oxygen atoms in total. The molecule has 0 heterocycles. The number of halogens is 1. The van der Waals surface area contributed by atoms with Crippen LogP contribution in [0.25, 0.3) is 0 Å². The van der Waals surface area contributed by atoms with Gasteiger partial charge in [0, 0.05) is 14.9 Å². The first-order valence-corrected chi connectivity index (χ1v) is 8.44. The Morgan fingerprint density at radius 3 is 2.61 bits per heavy atom. The molecule has 0 radical (unpaired) electrons. The van der Waals surface area contributed by atoms with Crippen LogP contribution in [0.3, 0.4) is 0 Å². The number of carbonyl (C=O) groups is 1. The topological polar surface area (TPSA) is 17.1 Å². The maximum Gasteiger partial charge on any atom is 0.151 e. The van der Waals surface area contributed by atoms with Crippen LogP contribution >= 0.6 is 27.7 Å². The lowest BCUT2D eigenvalue weighted by Crippen LogP contribution is -1.89. The minimum absolute atomic E-state index is 0.792. The maximum atomic E-state index is 11.0. The maximum absolute atomic E-state index is 11.0. The van der Waals surface area contributed by atoms with Crippen LogP contribution in [0.15, 0.2) is 27.6 Å². The van der Waals surface area contributed by atoms with E-state index in [4.69, 9.17) is 0 Å². The predicted octanol–water partition coefficient (Wildman–Crippen LogP) is 5.71. The quantitative estimate of drug-likeness (QED) is 0.328. The Labute approximate surface area is 123 Å². The van der Waals surface area contributed by atoms with Crippen LogP contribution in [0, 0.1) is 0 Å². The van der Waals surface area contributed by atoms with Gasteiger partial charge in [-0.15, -0.1) is 11.8 Å². The van der Waals surface area contributed by atoms with Crippen molar-refractivity contribution < 1.29 is 4.79 Å². The Morgan fingerprint density at radius 2 is 1.89 bits per heavy atom. The average molecular weight is 329 g/mol. The molecule has 0 saturated heterocycles. The third-order valence-corrected chi connectivity index (χ3v) is 5.03. The van der Waals surface area contributed by atoms with E-state index < -0.39 is 0 Å². The monoisotopic (exact) mass is 328 g/mol. The second-order valence-electron chi connectivity index (χ2n) is 4.39. The zero-order chi connectivity index (χ0) is 13.2. The molecule has 0 spiro atoms. The third-order valence-electron chi connectivity index (χ3n) is 2.87. The number of unbranched alkanes of at least 4 members (excludes halogenated alkanes) is 5. The van der Waals surface area contributed by atoms with Crippen molar-refractivity contribution in [3.05, 3.63) is 28.2 Å². The summed E-state index contributed by atoms with van der Waals surface area (Å²) in [6, 6.07) is 5.78. The number of hydrogen-bond acceptors (Lipinski definition) is 2. The molecule has 0 bridgehead atoms. The van der Waals surface area contributed by atoms with E-state index >= 15 is 0 Å². The minimum atomic E-state index is 0.792. The molecule has 0 unspecified atom stereocenters. The van der Waals surface area contributed by atoms with Crippen molar-refractivity contribution in [3.63, 3.8) is 0 Å². The van der Waals surface area contributed by atoms with Gasteiger partial charge in [-0.05, 0) is 34.2 Å². The molecular weight excluding hydrogens is 308 g/mol. The summed E-state index contributed by atoms with van der Waals surface area (Å²) in [5.41, 5.74) is 0.792. The highest BCUT2D eigenvalue weighted by molar-refractivity contribution is 9.10. The SMILES string of the molecule is CCCCCCCCSc1c(Br)cccc1C=O. The van der Waals surface area contributed by atoms with Gasteiger partial charge in [-0.2, -0.15) is 0 Å². The van der Waals surface area contributed by atoms with Gasteiger partial charge in [0.2, 0.25) is 0 Å². The molecule has 1 aromatic rings. The van der Waals surface area contributed by atoms with Crippen molar-refractivity contribution in [3.8, 4) is 0 Å². The first-order chi connectivity index (χ1) is 8.79. The van der Waals surface area contributed by atoms with Gasteiger partial charge in [-0.1, -0.05) is 51.2 Å². The summed E-state index contributed by atoms with van der Waals surface area (Å²) in [6.45, 7) is 2.24. The highest BCUT2D eigenvalue weighted by Crippen LogP contribution is 2.31. The number of thioether (sulfide) groups is 1. The Morgan fingerprint density at radius 1 is 1.17 bits per heavy atom. The van der Waals surface area contributed by atoms with E-state index in [1.807, 2.05) is 18.2 Å². The summed E-state index contributed by atoms with van der Waals surface area (Å²) in [5.74, 6) is 1.09. The molecule has 0 aliphatic heterocycles. The summed E-state index contributed by atoms with van der Waals surface area (Å²) < 4.78 is 1.03. The Bertz CT molecular complexity index is 366. The van der Waals surface area contributed by atoms with Crippen molar-refractivity contribution in [2.45, 2.75) is 50.3 Å². The van der Waals surface area contributed by atoms with Crippen LogP contribution in [0.4, 0.5) is 0 Å². The fraction of sp³-hybridized carbons (Fsp3) is 0.533. The Balaban J connectivity index is 2.29. The average Bonchev–Trinajstić information content (AvgIpc) is 2.39. The lowest BCUT2D eigenvalue weighted by molar-refractivity contribution is 0.112. The van der Waals surface area contributed by atoms with Crippen LogP contribution < -0.4 is 0 Å². The van der Waals surface area contributed by atoms with Crippen LogP contribution in [0.2, 0.25) is 0 Å². The highest BCUT2D eigenvalue weighted by atomic mass is 79.9. The Kier molecular flexibility index (Phi) is 8.44. The highest BCUT2D eigenvalue weighted by Gasteiger charge is 2.06. The molecule has 0 amide bonds. The molecule has 1 rings (SSSR count). The van der Waals surface area contributed by atoms with Crippen LogP contribution in [0.1, 0.15) is 55.8 Å². The van der Waals surface area contributed by atoms with E-state index in [1.165, 1.54) is 38.5 Å². The van der Waals surface area contributed by atoms with Crippen molar-refractivity contribution in [2.24, 2.45) is 0 Å². The number of carbonyl (C=O) groups excluding carboxylic acids is 1. The van der Waals surface area contributed by atoms with E-state index in [0.717, 1.165) is 27.0 Å². The number of hydrogen-bond donors (Lipinski definition) is 0. The standard InChI is InChI=1S/C15H21BrOS/c1-2-3-4-5-6-7-11-18-15-13(12-17)9-8-10-14(15)16/h8-10,12H,2-7,11H2,1H3. The van der Waals surface area contributed by atoms with Crippen molar-refractivity contribution in [2.75, 3.05) is 5.75 Å². The summed E-state index contributed by atoms with van der Waals surface area (Å²) in [7, 11) is 0. The second kappa shape index (κ2) is 9.62. The lowest BCUT2D eigenvalue weighted by Gasteiger charge is -2.07. The lowest BCUT2D eigenvalue weighted by atomic mass is 10.1. The largest absolute Gasteiger partial charge is 0.298 e. The van der Waals surface area contributed by atoms with E-state index in [2.05, 4.69) is 22.9 Å². The first-order valence-electron chi connectivity index (χ1n) is 6.66. The van der Waals surface area contributed by atoms with E-state index in [-0.39, 0.29) is 0 Å². The molecule has 1 aromatic carbocycles. The van der Waals surface area contributed by atoms with Gasteiger partial charge in [-0.25, -0.2) is 0 Å². The van der Waals surface area contributed by atoms with Gasteiger partial charge in [0.05, 0.1) is 0 Å². The summed E-state index contributed by atoms with van der Waals surface area (Å²) >= 11 is 5.30. The van der Waals surface area contributed by atoms with Crippen LogP contribution in [-0.4, -0.2) is 12.0 Å². The minimum Gasteiger partial charge on any atom is -0.298 e. The molecule has 0 aromatic heterocycles. The molecule has 0 aliphatic rings. The van der Waals surface area contributed by atoms with Gasteiger partial charge in [-0.3, -0.25) is 4.79 Å². The zero-order valence-electron chi connectivity index (χ0n) is 11.0. The van der Waals surface area contributed by atoms with Gasteiger partial charge in [0.15, 0.2) is 6.29 Å². The summed E-state index contributed by atoms with van der Waals surface area (Å²) in [6.07, 6.45) is 8.82. The number of benzene rings is 1. The molecule has 0 N–H and O–H groups in total. The molecule has 0 aliphatic carbocycles. The van der Waals surface area contributed by atoms with E-state index in [1.54, 1.807) is 11.8 Å². The van der Waals surface area contributed by atoms with Gasteiger partial charge >= 0.3 is 0 Å². The zero-order valence-corrected chi connectivity index (χ0v) is 13.4. The van der Waals surface area contributed by atoms with Crippen LogP contribution in [-0.2, 0) is 0 Å². The van der Waals surface area contributed by atoms with E-state index in [0.29, 0.717) is 0 Å². The molecule has 0 atom stereocenters. The summed E-state index contributed by atoms with van der Waals surface area (Å²) in [4.78, 5) is 12.0. The smallest absolute Gasteiger partial charge is 0.151 e. The fourth-order valence-corrected chi connectivity index (χ4v) is 3.59. The van der Waals surface area contributed by atoms with Gasteiger partial charge < -0.3 is 0 Å². The third kappa shape index (κ3) is 5.57. The molecule has 3 heteroatoms. The molecular formula is C15H21BrOS. The van der Waals surface area contributed by atoms with Crippen molar-refractivity contribution >= 4 is 34.0 Å². The Hall–Kier alpha value is -0.280. The van der Waals surface area contributed by atoms with Crippen molar-refractivity contribution in [1.82, 2.24) is 0 Å². The van der Waals surface area contributed by atoms with E-state index in [9.17, 15) is 4.79 Å². The predicted molar refractivity (Wildman–Crippen MR) is 83.6 cm³/mol. The molecule has 0 saturated carbocycles. The fourth-order valence-electron chi connectivity index (χ4n) is 1.83. The molecule has 100 valence electrons. The number of rotatable bonds is 9. The van der Waals surface area contributed by atoms with Gasteiger partial charge in [0.25, 0.3) is 0 Å². The molecule has 18 heavy (non-hydrogen) atoms. The second-order valence-corrected chi connectivity index (χ2v) is 6.35. The first kappa shape index (κ1) is 15.8. The molecule has 0 fully saturated rings. The van der Waals surface area contributed by atoms with Crippen LogP contribution in [0.5, 0.6) is 0 Å². The van der Waals surface area contributed by atoms with Crippen molar-refractivity contribution in [1.29, 1.82) is 0 Å².